The zero-order valence-corrected chi connectivity index (χ0v) is 15.0. The Hall–Kier alpha value is -2.66. The molecule has 2 aromatic carbocycles. The number of methoxy groups -OCH3 is 1. The van der Waals surface area contributed by atoms with Gasteiger partial charge in [0.25, 0.3) is 5.91 Å². The van der Waals surface area contributed by atoms with Gasteiger partial charge < -0.3 is 15.0 Å². The molecule has 26 heavy (non-hydrogen) atoms. The van der Waals surface area contributed by atoms with Crippen LogP contribution in [0.4, 0.5) is 0 Å². The summed E-state index contributed by atoms with van der Waals surface area (Å²) in [5.41, 5.74) is 2.70. The zero-order valence-electron chi connectivity index (χ0n) is 15.0. The quantitative estimate of drug-likeness (QED) is 0.742. The number of amides is 2. The van der Waals surface area contributed by atoms with Gasteiger partial charge in [-0.3, -0.25) is 9.59 Å². The number of rotatable bonds is 8. The smallest absolute Gasteiger partial charge is 0.255 e. The lowest BCUT2D eigenvalue weighted by molar-refractivity contribution is -0.125. The molecule has 0 aliphatic carbocycles. The summed E-state index contributed by atoms with van der Waals surface area (Å²) in [4.78, 5) is 27.4. The summed E-state index contributed by atoms with van der Waals surface area (Å²) in [5, 5.41) is 2.95. The van der Waals surface area contributed by atoms with Crippen LogP contribution in [0.2, 0.25) is 0 Å². The summed E-state index contributed by atoms with van der Waals surface area (Å²) in [6.07, 6.45) is 1.24. The average molecular weight is 352 g/mol. The minimum absolute atomic E-state index is 0.0754. The molecule has 1 atom stereocenters. The molecule has 5 heteroatoms. The van der Waals surface area contributed by atoms with E-state index in [0.717, 1.165) is 17.5 Å². The van der Waals surface area contributed by atoms with Crippen molar-refractivity contribution in [2.24, 2.45) is 0 Å². The number of carbonyl (C=O) groups is 2. The molecule has 0 fully saturated rings. The maximum atomic E-state index is 12.8. The number of nitrogens with zero attached hydrogens (tertiary/aromatic N) is 1. The average Bonchev–Trinajstić information content (AvgIpc) is 3.01. The van der Waals surface area contributed by atoms with E-state index >= 15 is 0 Å². The zero-order chi connectivity index (χ0) is 18.4. The van der Waals surface area contributed by atoms with Crippen molar-refractivity contribution < 1.29 is 14.3 Å². The molecule has 2 amide bonds. The molecule has 0 unspecified atom stereocenters. The van der Waals surface area contributed by atoms with Gasteiger partial charge in [-0.05, 0) is 23.6 Å². The highest BCUT2D eigenvalue weighted by molar-refractivity contribution is 6.01. The lowest BCUT2D eigenvalue weighted by Crippen LogP contribution is -2.48. The fraction of sp³-hybridized carbons (Fsp3) is 0.333. The molecule has 2 aromatic rings. The molecule has 0 radical (unpaired) electrons. The third kappa shape index (κ3) is 4.11. The second kappa shape index (κ2) is 8.63. The summed E-state index contributed by atoms with van der Waals surface area (Å²) in [5.74, 6) is -0.195. The molecule has 0 spiro atoms. The van der Waals surface area contributed by atoms with Crippen LogP contribution in [-0.2, 0) is 22.5 Å². The van der Waals surface area contributed by atoms with Gasteiger partial charge in [0, 0.05) is 38.8 Å². The minimum Gasteiger partial charge on any atom is -0.385 e. The third-order valence-electron chi connectivity index (χ3n) is 4.62. The van der Waals surface area contributed by atoms with Gasteiger partial charge in [0.05, 0.1) is 0 Å². The number of hydrogen-bond donors (Lipinski definition) is 1. The molecule has 5 nitrogen and oxygen atoms in total. The van der Waals surface area contributed by atoms with E-state index in [9.17, 15) is 9.59 Å². The Bertz CT molecular complexity index is 761. The van der Waals surface area contributed by atoms with Gasteiger partial charge in [-0.25, -0.2) is 0 Å². The van der Waals surface area contributed by atoms with Crippen LogP contribution in [0.3, 0.4) is 0 Å². The highest BCUT2D eigenvalue weighted by Gasteiger charge is 2.36. The van der Waals surface area contributed by atoms with Crippen LogP contribution in [0.1, 0.15) is 27.9 Å². The van der Waals surface area contributed by atoms with E-state index in [2.05, 4.69) is 5.32 Å². The van der Waals surface area contributed by atoms with Crippen LogP contribution < -0.4 is 5.32 Å². The lowest BCUT2D eigenvalue weighted by Gasteiger charge is -2.27. The van der Waals surface area contributed by atoms with Crippen LogP contribution in [0, 0.1) is 0 Å². The number of nitrogens with one attached hydrogen (secondary N) is 1. The fourth-order valence-corrected chi connectivity index (χ4v) is 3.26. The molecular formula is C21H24N2O3. The Morgan fingerprint density at radius 2 is 1.88 bits per heavy atom. The van der Waals surface area contributed by atoms with Gasteiger partial charge in [0.1, 0.15) is 6.04 Å². The summed E-state index contributed by atoms with van der Waals surface area (Å²) < 4.78 is 5.02. The Morgan fingerprint density at radius 3 is 2.62 bits per heavy atom. The maximum Gasteiger partial charge on any atom is 0.255 e. The first-order valence-electron chi connectivity index (χ1n) is 8.90. The van der Waals surface area contributed by atoms with E-state index in [-0.39, 0.29) is 11.8 Å². The molecule has 1 aliphatic rings. The summed E-state index contributed by atoms with van der Waals surface area (Å²) in [6.45, 7) is 1.60. The van der Waals surface area contributed by atoms with Crippen molar-refractivity contribution in [3.63, 3.8) is 0 Å². The van der Waals surface area contributed by atoms with Gasteiger partial charge >= 0.3 is 0 Å². The van der Waals surface area contributed by atoms with E-state index in [1.807, 2.05) is 54.6 Å². The monoisotopic (exact) mass is 352 g/mol. The summed E-state index contributed by atoms with van der Waals surface area (Å²) >= 11 is 0. The van der Waals surface area contributed by atoms with Crippen LogP contribution >= 0.6 is 0 Å². The summed E-state index contributed by atoms with van der Waals surface area (Å²) in [7, 11) is 1.64. The molecule has 0 aromatic heterocycles. The van der Waals surface area contributed by atoms with E-state index in [1.54, 1.807) is 12.0 Å². The SMILES string of the molecule is COCCCNC(=O)[C@@H](Cc1ccccc1)N1Cc2ccccc2C1=O. The molecule has 0 bridgehead atoms. The Labute approximate surface area is 154 Å². The second-order valence-electron chi connectivity index (χ2n) is 6.43. The number of carbonyl (C=O) groups excluding carboxylic acids is 2. The summed E-state index contributed by atoms with van der Waals surface area (Å²) in [6, 6.07) is 16.8. The van der Waals surface area contributed by atoms with Gasteiger partial charge in [0.2, 0.25) is 5.91 Å². The normalized spacial score (nSPS) is 14.2. The molecule has 1 aliphatic heterocycles. The number of benzene rings is 2. The molecule has 136 valence electrons. The van der Waals surface area contributed by atoms with E-state index in [4.69, 9.17) is 4.74 Å². The van der Waals surface area contributed by atoms with E-state index in [1.165, 1.54) is 0 Å². The molecule has 3 rings (SSSR count). The first kappa shape index (κ1) is 18.1. The Kier molecular flexibility index (Phi) is 6.02. The van der Waals surface area contributed by atoms with Gasteiger partial charge in [0.15, 0.2) is 0 Å². The standard InChI is InChI=1S/C21H24N2O3/c1-26-13-7-12-22-20(24)19(14-16-8-3-2-4-9-16)23-15-17-10-5-6-11-18(17)21(23)25/h2-6,8-11,19H,7,12-15H2,1H3,(H,22,24)/t19-/m1/s1. The predicted molar refractivity (Wildman–Crippen MR) is 99.8 cm³/mol. The van der Waals surface area contributed by atoms with Crippen molar-refractivity contribution in [2.75, 3.05) is 20.3 Å². The lowest BCUT2D eigenvalue weighted by atomic mass is 10.0. The van der Waals surface area contributed by atoms with Crippen LogP contribution in [0.5, 0.6) is 0 Å². The minimum atomic E-state index is -0.528. The topological polar surface area (TPSA) is 58.6 Å². The van der Waals surface area contributed by atoms with Crippen LogP contribution in [0.15, 0.2) is 54.6 Å². The second-order valence-corrected chi connectivity index (χ2v) is 6.43. The van der Waals surface area contributed by atoms with Crippen molar-refractivity contribution in [1.82, 2.24) is 10.2 Å². The number of hydrogen-bond acceptors (Lipinski definition) is 3. The van der Waals surface area contributed by atoms with Crippen molar-refractivity contribution >= 4 is 11.8 Å². The first-order chi connectivity index (χ1) is 12.7. The van der Waals surface area contributed by atoms with Gasteiger partial charge in [-0.2, -0.15) is 0 Å². The van der Waals surface area contributed by atoms with Crippen molar-refractivity contribution in [2.45, 2.75) is 25.4 Å². The van der Waals surface area contributed by atoms with Crippen molar-refractivity contribution in [3.05, 3.63) is 71.3 Å². The van der Waals surface area contributed by atoms with Crippen LogP contribution in [-0.4, -0.2) is 43.0 Å². The predicted octanol–water partition coefficient (Wildman–Crippen LogP) is 2.41. The molecule has 0 saturated heterocycles. The third-order valence-corrected chi connectivity index (χ3v) is 4.62. The largest absolute Gasteiger partial charge is 0.385 e. The first-order valence-corrected chi connectivity index (χ1v) is 8.90. The molecule has 1 heterocycles. The highest BCUT2D eigenvalue weighted by Crippen LogP contribution is 2.25. The number of fused-ring (bicyclic) bond motifs is 1. The maximum absolute atomic E-state index is 12.8. The van der Waals surface area contributed by atoms with E-state index < -0.39 is 6.04 Å². The Morgan fingerprint density at radius 1 is 1.15 bits per heavy atom. The van der Waals surface area contributed by atoms with Gasteiger partial charge in [-0.1, -0.05) is 48.5 Å². The molecular weight excluding hydrogens is 328 g/mol. The fourth-order valence-electron chi connectivity index (χ4n) is 3.26. The van der Waals surface area contributed by atoms with Gasteiger partial charge in [-0.15, -0.1) is 0 Å². The number of ether oxygens (including phenoxy) is 1. The molecule has 0 saturated carbocycles. The van der Waals surface area contributed by atoms with Crippen molar-refractivity contribution in [1.29, 1.82) is 0 Å². The van der Waals surface area contributed by atoms with E-state index in [0.29, 0.717) is 31.7 Å². The van der Waals surface area contributed by atoms with Crippen LogP contribution in [0.25, 0.3) is 0 Å². The van der Waals surface area contributed by atoms with Crippen molar-refractivity contribution in [3.8, 4) is 0 Å². The molecule has 1 N–H and O–H groups in total. The highest BCUT2D eigenvalue weighted by atomic mass is 16.5. The Balaban J connectivity index is 1.77.